The molecular formula is C31H32N2O5. The molecule has 38 heavy (non-hydrogen) atoms. The van der Waals surface area contributed by atoms with Crippen LogP contribution < -0.4 is 10.2 Å². The van der Waals surface area contributed by atoms with Gasteiger partial charge in [0.25, 0.3) is 0 Å². The van der Waals surface area contributed by atoms with Crippen LogP contribution in [0.15, 0.2) is 95.4 Å². The number of carboxylic acid groups (broad SMARTS) is 1. The molecular weight excluding hydrogens is 480 g/mol. The second kappa shape index (κ2) is 13.8. The van der Waals surface area contributed by atoms with E-state index in [2.05, 4.69) is 10.5 Å². The topological polar surface area (TPSA) is 93.8 Å². The first-order valence-corrected chi connectivity index (χ1v) is 12.7. The Morgan fingerprint density at radius 3 is 2.37 bits per heavy atom. The summed E-state index contributed by atoms with van der Waals surface area (Å²) in [5.41, 5.74) is 7.62. The Hall–Kier alpha value is -4.36. The number of aromatic nitrogens is 1. The minimum Gasteiger partial charge on any atom is -0.487 e. The van der Waals surface area contributed by atoms with Gasteiger partial charge in [-0.25, -0.2) is 4.98 Å². The lowest BCUT2D eigenvalue weighted by atomic mass is 10.1. The van der Waals surface area contributed by atoms with E-state index in [4.69, 9.17) is 19.1 Å². The summed E-state index contributed by atoms with van der Waals surface area (Å²) in [7, 11) is 0. The first-order chi connectivity index (χ1) is 18.6. The predicted molar refractivity (Wildman–Crippen MR) is 146 cm³/mol. The molecule has 0 fully saturated rings. The SMILES string of the molecule is Cc1oc(-c2ccccc2)nc1COc1ccc(CONC(=CCCCCC(=O)O)c2ccccc2)cc1. The first kappa shape index (κ1) is 26.7. The van der Waals surface area contributed by atoms with Crippen molar-refractivity contribution in [3.05, 3.63) is 114 Å². The molecule has 4 aromatic rings. The summed E-state index contributed by atoms with van der Waals surface area (Å²) in [6, 6.07) is 27.4. The number of oxazole rings is 1. The molecule has 3 aromatic carbocycles. The standard InChI is InChI=1S/C31H32N2O5/c1-23-29(32-31(38-23)26-13-7-3-8-14-26)22-36-27-19-17-24(18-20-27)21-37-33-28(25-11-5-2-6-12-25)15-9-4-10-16-30(34)35/h2-3,5-8,11-15,17-20,33H,4,9-10,16,21-22H2,1H3,(H,34,35). The van der Waals surface area contributed by atoms with Gasteiger partial charge >= 0.3 is 5.97 Å². The Bertz CT molecular complexity index is 1320. The minimum atomic E-state index is -0.763. The number of hydroxylamine groups is 1. The molecule has 0 spiro atoms. The maximum atomic E-state index is 10.7. The van der Waals surface area contributed by atoms with Crippen LogP contribution >= 0.6 is 0 Å². The number of ether oxygens (including phenoxy) is 1. The van der Waals surface area contributed by atoms with Crippen molar-refractivity contribution in [3.8, 4) is 17.2 Å². The third-order valence-electron chi connectivity index (χ3n) is 5.91. The van der Waals surface area contributed by atoms with Crippen molar-refractivity contribution in [2.24, 2.45) is 0 Å². The van der Waals surface area contributed by atoms with E-state index in [1.807, 2.05) is 97.9 Å². The molecule has 0 aliphatic carbocycles. The lowest BCUT2D eigenvalue weighted by Gasteiger charge is -2.12. The molecule has 0 aliphatic heterocycles. The van der Waals surface area contributed by atoms with Gasteiger partial charge in [0.1, 0.15) is 23.8 Å². The average molecular weight is 513 g/mol. The van der Waals surface area contributed by atoms with E-state index >= 15 is 0 Å². The highest BCUT2D eigenvalue weighted by Gasteiger charge is 2.12. The van der Waals surface area contributed by atoms with Crippen LogP contribution in [0, 0.1) is 6.92 Å². The molecule has 4 rings (SSSR count). The quantitative estimate of drug-likeness (QED) is 0.140. The zero-order valence-electron chi connectivity index (χ0n) is 21.4. The molecule has 1 aromatic heterocycles. The van der Waals surface area contributed by atoms with Gasteiger partial charge in [-0.1, -0.05) is 66.7 Å². The zero-order valence-corrected chi connectivity index (χ0v) is 21.4. The van der Waals surface area contributed by atoms with E-state index < -0.39 is 5.97 Å². The van der Waals surface area contributed by atoms with Crippen LogP contribution in [0.5, 0.6) is 5.75 Å². The fraction of sp³-hybridized carbons (Fsp3) is 0.226. The van der Waals surface area contributed by atoms with Gasteiger partial charge in [0.2, 0.25) is 5.89 Å². The second-order valence-corrected chi connectivity index (χ2v) is 8.83. The molecule has 2 N–H and O–H groups in total. The Morgan fingerprint density at radius 1 is 0.947 bits per heavy atom. The zero-order chi connectivity index (χ0) is 26.6. The van der Waals surface area contributed by atoms with E-state index in [1.54, 1.807) is 0 Å². The molecule has 7 nitrogen and oxygen atoms in total. The Kier molecular flexibility index (Phi) is 9.70. The maximum absolute atomic E-state index is 10.7. The summed E-state index contributed by atoms with van der Waals surface area (Å²) in [4.78, 5) is 21.1. The highest BCUT2D eigenvalue weighted by molar-refractivity contribution is 5.66. The molecule has 0 atom stereocenters. The molecule has 196 valence electrons. The van der Waals surface area contributed by atoms with Gasteiger partial charge in [-0.15, -0.1) is 0 Å². The second-order valence-electron chi connectivity index (χ2n) is 8.83. The van der Waals surface area contributed by atoms with Crippen molar-refractivity contribution in [2.75, 3.05) is 0 Å². The van der Waals surface area contributed by atoms with Crippen molar-refractivity contribution in [1.82, 2.24) is 10.5 Å². The summed E-state index contributed by atoms with van der Waals surface area (Å²) in [6.07, 6.45) is 4.44. The van der Waals surface area contributed by atoms with Gasteiger partial charge < -0.3 is 14.3 Å². The molecule has 0 aliphatic rings. The summed E-state index contributed by atoms with van der Waals surface area (Å²) < 4.78 is 11.7. The van der Waals surface area contributed by atoms with Crippen molar-refractivity contribution in [1.29, 1.82) is 0 Å². The summed E-state index contributed by atoms with van der Waals surface area (Å²) in [6.45, 7) is 2.57. The summed E-state index contributed by atoms with van der Waals surface area (Å²) in [5, 5.41) is 8.81. The molecule has 0 bridgehead atoms. The Balaban J connectivity index is 1.27. The molecule has 7 heteroatoms. The predicted octanol–water partition coefficient (Wildman–Crippen LogP) is 6.94. The molecule has 0 unspecified atom stereocenters. The number of carbonyl (C=O) groups is 1. The van der Waals surface area contributed by atoms with Gasteiger partial charge in [-0.3, -0.25) is 15.1 Å². The smallest absolute Gasteiger partial charge is 0.303 e. The van der Waals surface area contributed by atoms with Gasteiger partial charge in [0.05, 0.1) is 12.3 Å². The Morgan fingerprint density at radius 2 is 1.66 bits per heavy atom. The molecule has 0 amide bonds. The Labute approximate surface area is 222 Å². The number of unbranched alkanes of at least 4 members (excludes halogenated alkanes) is 2. The normalized spacial score (nSPS) is 11.3. The van der Waals surface area contributed by atoms with E-state index in [-0.39, 0.29) is 6.42 Å². The number of nitrogens with one attached hydrogen (secondary N) is 1. The van der Waals surface area contributed by atoms with Crippen LogP contribution in [-0.2, 0) is 22.8 Å². The number of allylic oxidation sites excluding steroid dienone is 1. The molecule has 0 saturated heterocycles. The van der Waals surface area contributed by atoms with E-state index in [1.165, 1.54) is 0 Å². The number of benzene rings is 3. The fourth-order valence-electron chi connectivity index (χ4n) is 3.80. The summed E-state index contributed by atoms with van der Waals surface area (Å²) >= 11 is 0. The number of hydrogen-bond acceptors (Lipinski definition) is 6. The first-order valence-electron chi connectivity index (χ1n) is 12.7. The van der Waals surface area contributed by atoms with Crippen LogP contribution in [0.1, 0.15) is 48.3 Å². The van der Waals surface area contributed by atoms with Gasteiger partial charge in [0, 0.05) is 12.0 Å². The van der Waals surface area contributed by atoms with Crippen LogP contribution in [-0.4, -0.2) is 16.1 Å². The van der Waals surface area contributed by atoms with E-state index in [9.17, 15) is 4.79 Å². The minimum absolute atomic E-state index is 0.186. The summed E-state index contributed by atoms with van der Waals surface area (Å²) in [5.74, 6) is 1.30. The third kappa shape index (κ3) is 8.08. The number of hydrogen-bond donors (Lipinski definition) is 2. The number of aryl methyl sites for hydroxylation is 1. The number of carboxylic acids is 1. The van der Waals surface area contributed by atoms with Crippen molar-refractivity contribution >= 4 is 11.7 Å². The van der Waals surface area contributed by atoms with Gasteiger partial charge in [-0.2, -0.15) is 0 Å². The monoisotopic (exact) mass is 512 g/mol. The van der Waals surface area contributed by atoms with Crippen molar-refractivity contribution in [3.63, 3.8) is 0 Å². The van der Waals surface area contributed by atoms with E-state index in [0.29, 0.717) is 25.5 Å². The largest absolute Gasteiger partial charge is 0.487 e. The van der Waals surface area contributed by atoms with Gasteiger partial charge in [0.15, 0.2) is 0 Å². The fourth-order valence-corrected chi connectivity index (χ4v) is 3.80. The average Bonchev–Trinajstić information content (AvgIpc) is 3.32. The highest BCUT2D eigenvalue weighted by atomic mass is 16.6. The molecule has 0 saturated carbocycles. The lowest BCUT2D eigenvalue weighted by molar-refractivity contribution is -0.137. The number of rotatable bonds is 14. The van der Waals surface area contributed by atoms with E-state index in [0.717, 1.165) is 52.4 Å². The van der Waals surface area contributed by atoms with Crippen molar-refractivity contribution in [2.45, 2.75) is 45.8 Å². The van der Waals surface area contributed by atoms with Crippen LogP contribution in [0.4, 0.5) is 0 Å². The lowest BCUT2D eigenvalue weighted by Crippen LogP contribution is -2.13. The van der Waals surface area contributed by atoms with Crippen molar-refractivity contribution < 1.29 is 23.9 Å². The van der Waals surface area contributed by atoms with Crippen LogP contribution in [0.25, 0.3) is 17.2 Å². The molecule has 1 heterocycles. The third-order valence-corrected chi connectivity index (χ3v) is 5.91. The molecule has 0 radical (unpaired) electrons. The van der Waals surface area contributed by atoms with Crippen LogP contribution in [0.3, 0.4) is 0 Å². The van der Waals surface area contributed by atoms with Gasteiger partial charge in [-0.05, 0) is 61.6 Å². The number of nitrogens with zero attached hydrogens (tertiary/aromatic N) is 1. The maximum Gasteiger partial charge on any atom is 0.303 e. The van der Waals surface area contributed by atoms with Crippen LogP contribution in [0.2, 0.25) is 0 Å². The number of aliphatic carboxylic acids is 1. The highest BCUT2D eigenvalue weighted by Crippen LogP contribution is 2.23.